The largest absolute Gasteiger partial charge is 0.368 e. The second kappa shape index (κ2) is 6.09. The maximum Gasteiger partial charge on any atom is 0.276 e. The van der Waals surface area contributed by atoms with Crippen molar-refractivity contribution in [1.82, 2.24) is 14.8 Å². The van der Waals surface area contributed by atoms with Crippen LogP contribution in [0.1, 0.15) is 18.1 Å². The summed E-state index contributed by atoms with van der Waals surface area (Å²) in [5.74, 6) is -0.588. The molecule has 2 amide bonds. The Morgan fingerprint density at radius 1 is 1.42 bits per heavy atom. The van der Waals surface area contributed by atoms with Crippen molar-refractivity contribution in [3.05, 3.63) is 41.2 Å². The number of amides is 2. The van der Waals surface area contributed by atoms with Crippen LogP contribution >= 0.6 is 12.2 Å². The summed E-state index contributed by atoms with van der Waals surface area (Å²) in [6.45, 7) is 2.15. The molecule has 1 aromatic heterocycles. The first kappa shape index (κ1) is 16.2. The van der Waals surface area contributed by atoms with E-state index in [9.17, 15) is 9.59 Å². The number of fused-ring (bicyclic) bond motifs is 1. The maximum atomic E-state index is 12.2. The highest BCUT2D eigenvalue weighted by molar-refractivity contribution is 7.80. The summed E-state index contributed by atoms with van der Waals surface area (Å²) >= 11 is 5.10. The van der Waals surface area contributed by atoms with E-state index in [-0.39, 0.29) is 12.5 Å². The lowest BCUT2D eigenvalue weighted by Crippen LogP contribution is -2.25. The molecule has 1 fully saturated rings. The molecule has 0 atom stereocenters. The molecule has 7 heteroatoms. The lowest BCUT2D eigenvalue weighted by Gasteiger charge is -2.06. The molecule has 3 rings (SSSR count). The number of para-hydroxylation sites is 1. The number of aryl methyl sites for hydroxylation is 1. The third-order valence-corrected chi connectivity index (χ3v) is 4.48. The van der Waals surface area contributed by atoms with E-state index in [0.29, 0.717) is 10.8 Å². The van der Waals surface area contributed by atoms with E-state index in [4.69, 9.17) is 18.0 Å². The minimum Gasteiger partial charge on any atom is -0.368 e. The Bertz CT molecular complexity index is 897. The molecule has 0 radical (unpaired) electrons. The third kappa shape index (κ3) is 2.67. The number of benzene rings is 1. The van der Waals surface area contributed by atoms with Gasteiger partial charge in [0.05, 0.1) is 5.52 Å². The van der Waals surface area contributed by atoms with Crippen molar-refractivity contribution in [1.29, 1.82) is 0 Å². The van der Waals surface area contributed by atoms with Crippen molar-refractivity contribution in [3.63, 3.8) is 0 Å². The Hall–Kier alpha value is -2.67. The van der Waals surface area contributed by atoms with Gasteiger partial charge in [-0.2, -0.15) is 0 Å². The zero-order valence-electron chi connectivity index (χ0n) is 13.5. The molecule has 1 saturated heterocycles. The molecule has 0 unspecified atom stereocenters. The Balaban J connectivity index is 2.17. The smallest absolute Gasteiger partial charge is 0.276 e. The van der Waals surface area contributed by atoms with E-state index in [1.165, 1.54) is 4.90 Å². The molecule has 3 N–H and O–H groups in total. The third-order valence-electron chi connectivity index (χ3n) is 4.10. The Labute approximate surface area is 144 Å². The summed E-state index contributed by atoms with van der Waals surface area (Å²) in [5, 5.41) is 4.26. The fourth-order valence-electron chi connectivity index (χ4n) is 2.94. The first-order chi connectivity index (χ1) is 11.4. The zero-order valence-corrected chi connectivity index (χ0v) is 14.3. The van der Waals surface area contributed by atoms with Gasteiger partial charge in [0.15, 0.2) is 5.11 Å². The zero-order chi connectivity index (χ0) is 17.4. The van der Waals surface area contributed by atoms with Crippen molar-refractivity contribution in [2.45, 2.75) is 19.9 Å². The summed E-state index contributed by atoms with van der Waals surface area (Å²) in [4.78, 5) is 25.0. The van der Waals surface area contributed by atoms with Crippen LogP contribution in [0.4, 0.5) is 0 Å². The summed E-state index contributed by atoms with van der Waals surface area (Å²) in [6.07, 6.45) is 4.44. The van der Waals surface area contributed by atoms with Gasteiger partial charge in [0.25, 0.3) is 5.91 Å². The average molecular weight is 342 g/mol. The summed E-state index contributed by atoms with van der Waals surface area (Å²) < 4.78 is 1.84. The van der Waals surface area contributed by atoms with Crippen molar-refractivity contribution in [3.8, 4) is 0 Å². The number of carbonyl (C=O) groups is 2. The lowest BCUT2D eigenvalue weighted by molar-refractivity contribution is -0.121. The van der Waals surface area contributed by atoms with Crippen molar-refractivity contribution >= 4 is 46.1 Å². The van der Waals surface area contributed by atoms with E-state index >= 15 is 0 Å². The molecule has 2 aromatic rings. The molecule has 0 bridgehead atoms. The molecule has 24 heavy (non-hydrogen) atoms. The monoisotopic (exact) mass is 342 g/mol. The van der Waals surface area contributed by atoms with Crippen LogP contribution in [0.2, 0.25) is 0 Å². The highest BCUT2D eigenvalue weighted by atomic mass is 32.1. The second-order valence-electron chi connectivity index (χ2n) is 5.70. The van der Waals surface area contributed by atoms with Gasteiger partial charge in [-0.25, -0.2) is 0 Å². The molecule has 124 valence electrons. The van der Waals surface area contributed by atoms with Crippen LogP contribution in [-0.4, -0.2) is 33.4 Å². The number of hydrogen-bond donors (Lipinski definition) is 2. The number of thiocarbonyl (C=S) groups is 1. The number of likely N-dealkylation sites (N-methyl/N-ethyl adjacent to an activating group) is 1. The van der Waals surface area contributed by atoms with Gasteiger partial charge >= 0.3 is 0 Å². The standard InChI is InChI=1S/C17H18N4O2S/c1-3-10-5-4-6-12-11(8-21(15(10)12)9-14(18)22)7-13-16(23)20(2)17(24)19-13/h4-8H,3,9H2,1-2H3,(H2,18,22)(H,19,24)/b13-7+. The molecule has 0 saturated carbocycles. The molecule has 1 aliphatic rings. The van der Waals surface area contributed by atoms with Crippen LogP contribution in [0.5, 0.6) is 0 Å². The normalized spacial score (nSPS) is 16.2. The van der Waals surface area contributed by atoms with Crippen LogP contribution in [0.25, 0.3) is 17.0 Å². The quantitative estimate of drug-likeness (QED) is 0.650. The Morgan fingerprint density at radius 3 is 2.75 bits per heavy atom. The SMILES string of the molecule is CCc1cccc2c(/C=C3/NC(=S)N(C)C3=O)cn(CC(N)=O)c12. The minimum absolute atomic E-state index is 0.0936. The number of aromatic nitrogens is 1. The molecule has 2 heterocycles. The number of carbonyl (C=O) groups excluding carboxylic acids is 2. The van der Waals surface area contributed by atoms with Gasteiger partial charge < -0.3 is 15.6 Å². The second-order valence-corrected chi connectivity index (χ2v) is 6.08. The minimum atomic E-state index is -0.409. The first-order valence-electron chi connectivity index (χ1n) is 7.62. The molecule has 0 aliphatic carbocycles. The van der Waals surface area contributed by atoms with Crippen LogP contribution < -0.4 is 11.1 Å². The number of nitrogens with zero attached hydrogens (tertiary/aromatic N) is 2. The number of hydrogen-bond acceptors (Lipinski definition) is 3. The van der Waals surface area contributed by atoms with Crippen molar-refractivity contribution in [2.24, 2.45) is 5.73 Å². The summed E-state index contributed by atoms with van der Waals surface area (Å²) in [6, 6.07) is 5.97. The van der Waals surface area contributed by atoms with Gasteiger partial charge in [-0.3, -0.25) is 14.5 Å². The van der Waals surface area contributed by atoms with Gasteiger partial charge in [0.1, 0.15) is 12.2 Å². The maximum absolute atomic E-state index is 12.2. The number of rotatable bonds is 4. The van der Waals surface area contributed by atoms with Crippen LogP contribution in [-0.2, 0) is 22.6 Å². The van der Waals surface area contributed by atoms with E-state index in [1.54, 1.807) is 13.1 Å². The van der Waals surface area contributed by atoms with E-state index in [1.807, 2.05) is 29.0 Å². The number of nitrogens with one attached hydrogen (secondary N) is 1. The van der Waals surface area contributed by atoms with Gasteiger partial charge in [-0.1, -0.05) is 25.1 Å². The topological polar surface area (TPSA) is 80.4 Å². The van der Waals surface area contributed by atoms with Gasteiger partial charge in [0.2, 0.25) is 5.91 Å². The molecule has 1 aromatic carbocycles. The van der Waals surface area contributed by atoms with Crippen molar-refractivity contribution < 1.29 is 9.59 Å². The highest BCUT2D eigenvalue weighted by Crippen LogP contribution is 2.27. The van der Waals surface area contributed by atoms with E-state index < -0.39 is 5.91 Å². The van der Waals surface area contributed by atoms with Gasteiger partial charge in [-0.05, 0) is 30.3 Å². The Morgan fingerprint density at radius 2 is 2.17 bits per heavy atom. The fourth-order valence-corrected chi connectivity index (χ4v) is 3.13. The van der Waals surface area contributed by atoms with Gasteiger partial charge in [0, 0.05) is 24.2 Å². The van der Waals surface area contributed by atoms with Crippen LogP contribution in [0, 0.1) is 0 Å². The molecule has 1 aliphatic heterocycles. The predicted molar refractivity (Wildman–Crippen MR) is 97.0 cm³/mol. The Kier molecular flexibility index (Phi) is 4.11. The predicted octanol–water partition coefficient (Wildman–Crippen LogP) is 1.38. The molecular weight excluding hydrogens is 324 g/mol. The summed E-state index contributed by atoms with van der Waals surface area (Å²) in [5.41, 5.74) is 8.72. The molecule has 6 nitrogen and oxygen atoms in total. The van der Waals surface area contributed by atoms with Crippen LogP contribution in [0.3, 0.4) is 0 Å². The highest BCUT2D eigenvalue weighted by Gasteiger charge is 2.27. The lowest BCUT2D eigenvalue weighted by atomic mass is 10.1. The van der Waals surface area contributed by atoms with E-state index in [2.05, 4.69) is 12.2 Å². The molecular formula is C17H18N4O2S. The van der Waals surface area contributed by atoms with E-state index in [0.717, 1.165) is 28.5 Å². The summed E-state index contributed by atoms with van der Waals surface area (Å²) in [7, 11) is 1.63. The fraction of sp³-hybridized carbons (Fsp3) is 0.235. The molecule has 0 spiro atoms. The number of primary amides is 1. The van der Waals surface area contributed by atoms with Gasteiger partial charge in [-0.15, -0.1) is 0 Å². The number of nitrogens with two attached hydrogens (primary N) is 1. The van der Waals surface area contributed by atoms with Crippen LogP contribution in [0.15, 0.2) is 30.1 Å². The first-order valence-corrected chi connectivity index (χ1v) is 8.03. The van der Waals surface area contributed by atoms with Crippen molar-refractivity contribution in [2.75, 3.05) is 7.05 Å². The average Bonchev–Trinajstić information content (AvgIpc) is 3.00.